The zero-order valence-electron chi connectivity index (χ0n) is 23.9. The molecule has 0 radical (unpaired) electrons. The second-order valence-corrected chi connectivity index (χ2v) is 12.1. The number of carbonyl (C=O) groups is 2. The standard InChI is InChI=1S/C31H38F3N3O5/c1-22(18-31(32,33)34)27(39)36-12-11-30(41,29(20-36)9-5-6-10-29)21-37-19-25(28(40)35-13-15-42-16-14-35)24(17-26(37)38)23-7-3-2-4-8-23/h2-4,7-8,17,19,22,41H,5-6,9-16,18,20-21H2,1H3. The van der Waals surface area contributed by atoms with Gasteiger partial charge in [-0.15, -0.1) is 0 Å². The van der Waals surface area contributed by atoms with Crippen LogP contribution in [0.2, 0.25) is 0 Å². The van der Waals surface area contributed by atoms with Crippen LogP contribution in [0.25, 0.3) is 11.1 Å². The summed E-state index contributed by atoms with van der Waals surface area (Å²) in [6, 6.07) is 10.6. The van der Waals surface area contributed by atoms with Crippen LogP contribution >= 0.6 is 0 Å². The number of hydrogen-bond donors (Lipinski definition) is 1. The van der Waals surface area contributed by atoms with Gasteiger partial charge in [-0.1, -0.05) is 50.1 Å². The average molecular weight is 590 g/mol. The van der Waals surface area contributed by atoms with Crippen LogP contribution in [-0.4, -0.2) is 82.5 Å². The van der Waals surface area contributed by atoms with E-state index in [2.05, 4.69) is 0 Å². The summed E-state index contributed by atoms with van der Waals surface area (Å²) in [6.07, 6.45) is -1.17. The van der Waals surface area contributed by atoms with Crippen molar-refractivity contribution in [3.8, 4) is 11.1 Å². The monoisotopic (exact) mass is 589 g/mol. The number of pyridine rings is 1. The fraction of sp³-hybridized carbons (Fsp3) is 0.581. The first-order valence-electron chi connectivity index (χ1n) is 14.7. The van der Waals surface area contributed by atoms with Crippen LogP contribution in [0.1, 0.15) is 55.8 Å². The number of aromatic nitrogens is 1. The van der Waals surface area contributed by atoms with Gasteiger partial charge in [-0.05, 0) is 24.8 Å². The fourth-order valence-electron chi connectivity index (χ4n) is 6.98. The van der Waals surface area contributed by atoms with Crippen LogP contribution < -0.4 is 5.56 Å². The molecule has 5 rings (SSSR count). The van der Waals surface area contributed by atoms with Gasteiger partial charge in [0.15, 0.2) is 0 Å². The third-order valence-electron chi connectivity index (χ3n) is 9.28. The Kier molecular flexibility index (Phi) is 8.53. The number of aliphatic hydroxyl groups is 1. The maximum atomic E-state index is 13.7. The number of carbonyl (C=O) groups excluding carboxylic acids is 2. The molecule has 1 aromatic carbocycles. The molecule has 2 aliphatic heterocycles. The lowest BCUT2D eigenvalue weighted by Crippen LogP contribution is -2.62. The molecule has 2 saturated heterocycles. The zero-order valence-corrected chi connectivity index (χ0v) is 23.9. The maximum Gasteiger partial charge on any atom is 0.389 e. The molecule has 2 atom stereocenters. The number of nitrogens with zero attached hydrogens (tertiary/aromatic N) is 3. The molecule has 2 amide bonds. The first-order chi connectivity index (χ1) is 19.9. The molecule has 3 aliphatic rings. The Bertz CT molecular complexity index is 1350. The van der Waals surface area contributed by atoms with Crippen LogP contribution in [0.5, 0.6) is 0 Å². The molecule has 2 unspecified atom stereocenters. The van der Waals surface area contributed by atoms with Gasteiger partial charge in [-0.2, -0.15) is 13.2 Å². The maximum absolute atomic E-state index is 13.7. The van der Waals surface area contributed by atoms with Crippen LogP contribution in [0.15, 0.2) is 47.4 Å². The van der Waals surface area contributed by atoms with E-state index < -0.39 is 35.4 Å². The second-order valence-electron chi connectivity index (χ2n) is 12.1. The molecule has 42 heavy (non-hydrogen) atoms. The van der Waals surface area contributed by atoms with E-state index in [-0.39, 0.29) is 37.5 Å². The average Bonchev–Trinajstić information content (AvgIpc) is 3.45. The zero-order chi connectivity index (χ0) is 30.1. The summed E-state index contributed by atoms with van der Waals surface area (Å²) in [7, 11) is 0. The predicted octanol–water partition coefficient (Wildman–Crippen LogP) is 4.10. The summed E-state index contributed by atoms with van der Waals surface area (Å²) in [4.78, 5) is 43.4. The highest BCUT2D eigenvalue weighted by Gasteiger charge is 2.56. The van der Waals surface area contributed by atoms with Gasteiger partial charge in [0.25, 0.3) is 11.5 Å². The predicted molar refractivity (Wildman–Crippen MR) is 150 cm³/mol. The normalized spacial score (nSPS) is 23.3. The Morgan fingerprint density at radius 1 is 1.02 bits per heavy atom. The van der Waals surface area contributed by atoms with E-state index in [0.29, 0.717) is 50.3 Å². The van der Waals surface area contributed by atoms with Crippen molar-refractivity contribution in [3.63, 3.8) is 0 Å². The van der Waals surface area contributed by atoms with E-state index in [0.717, 1.165) is 18.4 Å². The van der Waals surface area contributed by atoms with E-state index in [1.807, 2.05) is 30.3 Å². The highest BCUT2D eigenvalue weighted by Crippen LogP contribution is 2.52. The van der Waals surface area contributed by atoms with Gasteiger partial charge in [0.1, 0.15) is 0 Å². The van der Waals surface area contributed by atoms with Crippen LogP contribution in [-0.2, 0) is 16.1 Å². The van der Waals surface area contributed by atoms with E-state index >= 15 is 0 Å². The molecule has 1 aromatic heterocycles. The van der Waals surface area contributed by atoms with Crippen molar-refractivity contribution < 1.29 is 32.6 Å². The number of morpholine rings is 1. The number of amides is 2. The third kappa shape index (κ3) is 6.13. The molecule has 3 fully saturated rings. The van der Waals surface area contributed by atoms with Crippen LogP contribution in [0.3, 0.4) is 0 Å². The highest BCUT2D eigenvalue weighted by atomic mass is 19.4. The van der Waals surface area contributed by atoms with E-state index in [1.165, 1.54) is 28.7 Å². The van der Waals surface area contributed by atoms with E-state index in [9.17, 15) is 32.7 Å². The molecule has 0 bridgehead atoms. The number of likely N-dealkylation sites (tertiary alicyclic amines) is 1. The fourth-order valence-corrected chi connectivity index (χ4v) is 6.98. The Labute approximate surface area is 243 Å². The number of halogens is 3. The molecule has 3 heterocycles. The molecule has 1 spiro atoms. The molecular weight excluding hydrogens is 551 g/mol. The van der Waals surface area contributed by atoms with Crippen molar-refractivity contribution >= 4 is 11.8 Å². The lowest BCUT2D eigenvalue weighted by Gasteiger charge is -2.52. The molecule has 228 valence electrons. The van der Waals surface area contributed by atoms with Gasteiger partial charge in [0, 0.05) is 55.3 Å². The number of hydrogen-bond acceptors (Lipinski definition) is 5. The van der Waals surface area contributed by atoms with Crippen molar-refractivity contribution in [3.05, 3.63) is 58.5 Å². The molecule has 11 heteroatoms. The van der Waals surface area contributed by atoms with Crippen LogP contribution in [0.4, 0.5) is 13.2 Å². The van der Waals surface area contributed by atoms with Gasteiger partial charge in [-0.3, -0.25) is 14.4 Å². The molecule has 1 aliphatic carbocycles. The molecule has 2 aromatic rings. The lowest BCUT2D eigenvalue weighted by molar-refractivity contribution is -0.172. The topological polar surface area (TPSA) is 92.1 Å². The summed E-state index contributed by atoms with van der Waals surface area (Å²) in [5.74, 6) is -2.01. The van der Waals surface area contributed by atoms with Gasteiger partial charge < -0.3 is 24.2 Å². The summed E-state index contributed by atoms with van der Waals surface area (Å²) in [5, 5.41) is 12.2. The molecule has 1 saturated carbocycles. The quantitative estimate of drug-likeness (QED) is 0.548. The molecular formula is C31H38F3N3O5. The van der Waals surface area contributed by atoms with E-state index in [1.54, 1.807) is 4.90 Å². The van der Waals surface area contributed by atoms with Gasteiger partial charge in [0.05, 0.1) is 37.3 Å². The van der Waals surface area contributed by atoms with Crippen LogP contribution in [0, 0.1) is 11.3 Å². The summed E-state index contributed by atoms with van der Waals surface area (Å²) < 4.78 is 45.8. The summed E-state index contributed by atoms with van der Waals surface area (Å²) in [6.45, 7) is 3.14. The first-order valence-corrected chi connectivity index (χ1v) is 14.7. The Balaban J connectivity index is 1.46. The Morgan fingerprint density at radius 2 is 1.69 bits per heavy atom. The van der Waals surface area contributed by atoms with Crippen molar-refractivity contribution in [1.29, 1.82) is 0 Å². The minimum atomic E-state index is -4.44. The molecule has 8 nitrogen and oxygen atoms in total. The van der Waals surface area contributed by atoms with Gasteiger partial charge in [0.2, 0.25) is 5.91 Å². The lowest BCUT2D eigenvalue weighted by atomic mass is 9.65. The van der Waals surface area contributed by atoms with Gasteiger partial charge in [-0.25, -0.2) is 0 Å². The largest absolute Gasteiger partial charge is 0.389 e. The number of piperidine rings is 1. The number of benzene rings is 1. The number of alkyl halides is 3. The van der Waals surface area contributed by atoms with Crippen molar-refractivity contribution in [2.75, 3.05) is 39.4 Å². The Hall–Kier alpha value is -3.18. The minimum absolute atomic E-state index is 0.0789. The number of ether oxygens (including phenoxy) is 1. The molecule has 1 N–H and O–H groups in total. The minimum Gasteiger partial charge on any atom is -0.387 e. The highest BCUT2D eigenvalue weighted by molar-refractivity contribution is 6.00. The number of rotatable bonds is 6. The SMILES string of the molecule is CC(CC(F)(F)F)C(=O)N1CCC(O)(Cn2cc(C(=O)N3CCOCC3)c(-c3ccccc3)cc2=O)C2(CCCC2)C1. The summed E-state index contributed by atoms with van der Waals surface area (Å²) >= 11 is 0. The van der Waals surface area contributed by atoms with Crippen molar-refractivity contribution in [2.24, 2.45) is 11.3 Å². The van der Waals surface area contributed by atoms with E-state index in [4.69, 9.17) is 4.74 Å². The smallest absolute Gasteiger partial charge is 0.387 e. The summed E-state index contributed by atoms with van der Waals surface area (Å²) in [5.41, 5.74) is -0.930. The van der Waals surface area contributed by atoms with Gasteiger partial charge >= 0.3 is 6.18 Å². The van der Waals surface area contributed by atoms with Crippen molar-refractivity contribution in [2.45, 2.75) is 63.8 Å². The van der Waals surface area contributed by atoms with Crippen molar-refractivity contribution in [1.82, 2.24) is 14.4 Å². The second kappa shape index (κ2) is 11.8. The first kappa shape index (κ1) is 30.3. The third-order valence-corrected chi connectivity index (χ3v) is 9.28. The Morgan fingerprint density at radius 3 is 2.33 bits per heavy atom.